The van der Waals surface area contributed by atoms with E-state index in [2.05, 4.69) is 5.32 Å². The van der Waals surface area contributed by atoms with Crippen molar-refractivity contribution in [2.24, 2.45) is 0 Å². The number of aliphatic hydroxyl groups is 1. The smallest absolute Gasteiger partial charge is 0.293 e. The van der Waals surface area contributed by atoms with Crippen LogP contribution in [0.25, 0.3) is 0 Å². The first kappa shape index (κ1) is 14.7. The Morgan fingerprint density at radius 2 is 2.33 bits per heavy atom. The largest absolute Gasteiger partial charge is 0.394 e. The lowest BCUT2D eigenvalue weighted by Gasteiger charge is -2.17. The van der Waals surface area contributed by atoms with E-state index in [4.69, 9.17) is 16.3 Å². The molecule has 7 heteroatoms. The molecular formula is C11H15ClN2O4. The molecule has 1 atom stereocenters. The van der Waals surface area contributed by atoms with Gasteiger partial charge in [-0.3, -0.25) is 10.1 Å². The number of anilines is 1. The Balaban J connectivity index is 2.90. The van der Waals surface area contributed by atoms with Crippen molar-refractivity contribution < 1.29 is 14.8 Å². The van der Waals surface area contributed by atoms with Gasteiger partial charge in [0.05, 0.1) is 22.6 Å². The fourth-order valence-corrected chi connectivity index (χ4v) is 1.71. The standard InChI is InChI=1S/C11H15ClN2O4/c1-18-6-5-8(7-15)13-11-9(12)3-2-4-10(11)14(16)17/h2-4,8,13,15H,5-7H2,1H3. The zero-order chi connectivity index (χ0) is 13.5. The van der Waals surface area contributed by atoms with E-state index in [0.29, 0.717) is 13.0 Å². The third-order valence-electron chi connectivity index (χ3n) is 2.43. The van der Waals surface area contributed by atoms with E-state index in [-0.39, 0.29) is 29.0 Å². The molecule has 100 valence electrons. The fraction of sp³-hybridized carbons (Fsp3) is 0.455. The molecule has 1 unspecified atom stereocenters. The monoisotopic (exact) mass is 274 g/mol. The molecule has 0 fully saturated rings. The predicted octanol–water partition coefficient (Wildman–Crippen LogP) is 2.06. The molecule has 0 saturated carbocycles. The predicted molar refractivity (Wildman–Crippen MR) is 69.1 cm³/mol. The number of aliphatic hydroxyl groups excluding tert-OH is 1. The summed E-state index contributed by atoms with van der Waals surface area (Å²) in [4.78, 5) is 10.4. The quantitative estimate of drug-likeness (QED) is 0.587. The molecule has 0 radical (unpaired) electrons. The second-order valence-corrected chi connectivity index (χ2v) is 4.10. The van der Waals surface area contributed by atoms with E-state index in [0.717, 1.165) is 0 Å². The number of benzene rings is 1. The molecule has 1 rings (SSSR count). The number of rotatable bonds is 7. The third kappa shape index (κ3) is 3.83. The van der Waals surface area contributed by atoms with Gasteiger partial charge in [-0.05, 0) is 12.5 Å². The van der Waals surface area contributed by atoms with Crippen LogP contribution in [-0.2, 0) is 4.74 Å². The summed E-state index contributed by atoms with van der Waals surface area (Å²) in [7, 11) is 1.55. The Bertz CT molecular complexity index is 414. The van der Waals surface area contributed by atoms with Gasteiger partial charge in [-0.1, -0.05) is 17.7 Å². The summed E-state index contributed by atoms with van der Waals surface area (Å²) in [5, 5.41) is 23.2. The molecule has 0 aliphatic heterocycles. The SMILES string of the molecule is COCCC(CO)Nc1c(Cl)cccc1[N+](=O)[O-]. The number of ether oxygens (including phenoxy) is 1. The number of hydrogen-bond donors (Lipinski definition) is 2. The van der Waals surface area contributed by atoms with Gasteiger partial charge in [-0.25, -0.2) is 0 Å². The third-order valence-corrected chi connectivity index (χ3v) is 2.74. The Kier molecular flexibility index (Phi) is 5.84. The van der Waals surface area contributed by atoms with Crippen molar-refractivity contribution in [2.75, 3.05) is 25.6 Å². The van der Waals surface area contributed by atoms with Crippen LogP contribution in [0.3, 0.4) is 0 Å². The summed E-state index contributed by atoms with van der Waals surface area (Å²) in [6.45, 7) is 0.280. The van der Waals surface area contributed by atoms with E-state index in [1.54, 1.807) is 13.2 Å². The summed E-state index contributed by atoms with van der Waals surface area (Å²) in [6, 6.07) is 4.08. The highest BCUT2D eigenvalue weighted by Crippen LogP contribution is 2.32. The van der Waals surface area contributed by atoms with Crippen LogP contribution in [0.2, 0.25) is 5.02 Å². The number of nitro groups is 1. The number of nitrogens with one attached hydrogen (secondary N) is 1. The molecule has 0 aromatic heterocycles. The molecule has 6 nitrogen and oxygen atoms in total. The highest BCUT2D eigenvalue weighted by Gasteiger charge is 2.19. The molecule has 0 bridgehead atoms. The molecular weight excluding hydrogens is 260 g/mol. The summed E-state index contributed by atoms with van der Waals surface area (Å²) in [6.07, 6.45) is 0.523. The van der Waals surface area contributed by atoms with Gasteiger partial charge < -0.3 is 15.2 Å². The summed E-state index contributed by atoms with van der Waals surface area (Å²) in [5.74, 6) is 0. The summed E-state index contributed by atoms with van der Waals surface area (Å²) < 4.78 is 4.90. The van der Waals surface area contributed by atoms with Gasteiger partial charge in [0.2, 0.25) is 0 Å². The molecule has 0 saturated heterocycles. The Morgan fingerprint density at radius 1 is 1.61 bits per heavy atom. The minimum atomic E-state index is -0.515. The Labute approximate surface area is 110 Å². The van der Waals surface area contributed by atoms with Gasteiger partial charge in [0.15, 0.2) is 0 Å². The number of methoxy groups -OCH3 is 1. The second-order valence-electron chi connectivity index (χ2n) is 3.70. The Hall–Kier alpha value is -1.37. The van der Waals surface area contributed by atoms with Gasteiger partial charge in [0.1, 0.15) is 5.69 Å². The minimum absolute atomic E-state index is 0.113. The highest BCUT2D eigenvalue weighted by molar-refractivity contribution is 6.33. The average Bonchev–Trinajstić information content (AvgIpc) is 2.35. The van der Waals surface area contributed by atoms with E-state index < -0.39 is 4.92 Å². The number of hydrogen-bond acceptors (Lipinski definition) is 5. The molecule has 18 heavy (non-hydrogen) atoms. The van der Waals surface area contributed by atoms with Crippen molar-refractivity contribution in [3.8, 4) is 0 Å². The Morgan fingerprint density at radius 3 is 2.89 bits per heavy atom. The van der Waals surface area contributed by atoms with Crippen molar-refractivity contribution in [1.29, 1.82) is 0 Å². The van der Waals surface area contributed by atoms with Crippen molar-refractivity contribution in [3.63, 3.8) is 0 Å². The minimum Gasteiger partial charge on any atom is -0.394 e. The lowest BCUT2D eigenvalue weighted by molar-refractivity contribution is -0.384. The van der Waals surface area contributed by atoms with Gasteiger partial charge in [0.25, 0.3) is 5.69 Å². The zero-order valence-corrected chi connectivity index (χ0v) is 10.7. The topological polar surface area (TPSA) is 84.6 Å². The molecule has 0 aliphatic carbocycles. The second kappa shape index (κ2) is 7.15. The average molecular weight is 275 g/mol. The summed E-state index contributed by atoms with van der Waals surface area (Å²) >= 11 is 5.93. The first-order chi connectivity index (χ1) is 8.60. The maximum atomic E-state index is 10.9. The van der Waals surface area contributed by atoms with Crippen LogP contribution in [0, 0.1) is 10.1 Å². The molecule has 0 aliphatic rings. The van der Waals surface area contributed by atoms with Crippen molar-refractivity contribution in [3.05, 3.63) is 33.3 Å². The van der Waals surface area contributed by atoms with Crippen LogP contribution in [0.4, 0.5) is 11.4 Å². The van der Waals surface area contributed by atoms with Crippen molar-refractivity contribution in [1.82, 2.24) is 0 Å². The van der Waals surface area contributed by atoms with Crippen LogP contribution in [-0.4, -0.2) is 36.4 Å². The van der Waals surface area contributed by atoms with Crippen LogP contribution in [0.15, 0.2) is 18.2 Å². The van der Waals surface area contributed by atoms with E-state index in [9.17, 15) is 15.2 Å². The number of nitro benzene ring substituents is 1. The van der Waals surface area contributed by atoms with E-state index >= 15 is 0 Å². The van der Waals surface area contributed by atoms with Crippen LogP contribution in [0.1, 0.15) is 6.42 Å². The van der Waals surface area contributed by atoms with Crippen molar-refractivity contribution in [2.45, 2.75) is 12.5 Å². The van der Waals surface area contributed by atoms with Gasteiger partial charge in [0, 0.05) is 19.8 Å². The number of nitrogens with zero attached hydrogens (tertiary/aromatic N) is 1. The molecule has 0 amide bonds. The normalized spacial score (nSPS) is 12.2. The van der Waals surface area contributed by atoms with E-state index in [1.165, 1.54) is 12.1 Å². The summed E-state index contributed by atoms with van der Waals surface area (Å²) in [5.41, 5.74) is 0.109. The maximum Gasteiger partial charge on any atom is 0.293 e. The van der Waals surface area contributed by atoms with Crippen LogP contribution in [0.5, 0.6) is 0 Å². The maximum absolute atomic E-state index is 10.9. The number of para-hydroxylation sites is 1. The number of halogens is 1. The first-order valence-corrected chi connectivity index (χ1v) is 5.77. The highest BCUT2D eigenvalue weighted by atomic mass is 35.5. The van der Waals surface area contributed by atoms with Crippen LogP contribution < -0.4 is 5.32 Å². The molecule has 0 spiro atoms. The molecule has 1 aromatic rings. The van der Waals surface area contributed by atoms with Gasteiger partial charge in [-0.2, -0.15) is 0 Å². The molecule has 0 heterocycles. The van der Waals surface area contributed by atoms with E-state index in [1.807, 2.05) is 0 Å². The molecule has 1 aromatic carbocycles. The van der Waals surface area contributed by atoms with Crippen molar-refractivity contribution >= 4 is 23.0 Å². The molecule has 2 N–H and O–H groups in total. The van der Waals surface area contributed by atoms with Gasteiger partial charge >= 0.3 is 0 Å². The van der Waals surface area contributed by atoms with Crippen LogP contribution >= 0.6 is 11.6 Å². The van der Waals surface area contributed by atoms with Gasteiger partial charge in [-0.15, -0.1) is 0 Å². The lowest BCUT2D eigenvalue weighted by atomic mass is 10.2. The fourth-order valence-electron chi connectivity index (χ4n) is 1.48. The first-order valence-electron chi connectivity index (χ1n) is 5.39. The lowest BCUT2D eigenvalue weighted by Crippen LogP contribution is -2.26. The zero-order valence-electron chi connectivity index (χ0n) is 9.93.